The number of benzene rings is 1. The first-order valence-corrected chi connectivity index (χ1v) is 10.8. The highest BCUT2D eigenvalue weighted by Crippen LogP contribution is 2.40. The van der Waals surface area contributed by atoms with E-state index in [0.717, 1.165) is 25.2 Å². The van der Waals surface area contributed by atoms with Crippen LogP contribution in [0.2, 0.25) is 0 Å². The van der Waals surface area contributed by atoms with Crippen LogP contribution in [0.1, 0.15) is 38.2 Å². The summed E-state index contributed by atoms with van der Waals surface area (Å²) in [6.45, 7) is 4.74. The largest absolute Gasteiger partial charge is 0.369 e. The van der Waals surface area contributed by atoms with Gasteiger partial charge >= 0.3 is 6.03 Å². The van der Waals surface area contributed by atoms with Gasteiger partial charge in [0, 0.05) is 29.7 Å². The minimum Gasteiger partial charge on any atom is -0.369 e. The first-order valence-electron chi connectivity index (χ1n) is 10.8. The molecule has 1 unspecified atom stereocenters. The summed E-state index contributed by atoms with van der Waals surface area (Å²) in [6, 6.07) is 4.29. The zero-order valence-corrected chi connectivity index (χ0v) is 18.1. The molecule has 9 nitrogen and oxygen atoms in total. The molecule has 3 aliphatic rings. The summed E-state index contributed by atoms with van der Waals surface area (Å²) in [5, 5.41) is 5.30. The van der Waals surface area contributed by atoms with Crippen LogP contribution in [0.5, 0.6) is 0 Å². The smallest absolute Gasteiger partial charge is 0.316 e. The minimum atomic E-state index is -1.09. The second kappa shape index (κ2) is 8.58. The van der Waals surface area contributed by atoms with Crippen molar-refractivity contribution >= 4 is 40.5 Å². The molecular weight excluding hydrogens is 408 g/mol. The Morgan fingerprint density at radius 2 is 2.00 bits per heavy atom. The van der Waals surface area contributed by atoms with Gasteiger partial charge in [0.25, 0.3) is 5.91 Å². The third-order valence-corrected chi connectivity index (χ3v) is 6.50. The molecule has 0 aromatic heterocycles. The van der Waals surface area contributed by atoms with Crippen LogP contribution in [0.3, 0.4) is 0 Å². The number of carbonyl (C=O) groups is 3. The van der Waals surface area contributed by atoms with E-state index in [9.17, 15) is 14.4 Å². The number of hydrogen-bond acceptors (Lipinski definition) is 5. The molecule has 3 aliphatic heterocycles. The van der Waals surface area contributed by atoms with E-state index >= 15 is 0 Å². The van der Waals surface area contributed by atoms with E-state index in [1.165, 1.54) is 19.3 Å². The molecule has 0 bridgehead atoms. The van der Waals surface area contributed by atoms with Gasteiger partial charge < -0.3 is 27.0 Å². The molecule has 3 heterocycles. The van der Waals surface area contributed by atoms with Gasteiger partial charge in [-0.25, -0.2) is 4.79 Å². The lowest BCUT2D eigenvalue weighted by molar-refractivity contribution is -0.122. The van der Waals surface area contributed by atoms with Crippen molar-refractivity contribution in [2.24, 2.45) is 21.9 Å². The molecule has 0 aliphatic carbocycles. The first kappa shape index (κ1) is 21.8. The van der Waals surface area contributed by atoms with Crippen LogP contribution in [-0.2, 0) is 9.59 Å². The number of primary amides is 2. The number of fused-ring (bicyclic) bond motifs is 1. The average Bonchev–Trinajstić information content (AvgIpc) is 3.24. The van der Waals surface area contributed by atoms with Crippen LogP contribution in [0, 0.1) is 5.41 Å². The number of urea groups is 1. The third-order valence-electron chi connectivity index (χ3n) is 6.50. The highest BCUT2D eigenvalue weighted by molar-refractivity contribution is 6.36. The van der Waals surface area contributed by atoms with Gasteiger partial charge in [0.1, 0.15) is 5.41 Å². The van der Waals surface area contributed by atoms with Gasteiger partial charge in [-0.15, -0.1) is 0 Å². The van der Waals surface area contributed by atoms with E-state index in [0.29, 0.717) is 34.6 Å². The number of carbonyl (C=O) groups excluding carboxylic acids is 3. The number of nitrogens with zero attached hydrogens (tertiary/aromatic N) is 2. The molecular formula is C23H28N6O3. The van der Waals surface area contributed by atoms with Gasteiger partial charge in [-0.2, -0.15) is 0 Å². The average molecular weight is 437 g/mol. The van der Waals surface area contributed by atoms with Crippen molar-refractivity contribution in [3.63, 3.8) is 0 Å². The Balaban J connectivity index is 1.59. The molecule has 4 amide bonds. The molecule has 168 valence electrons. The number of rotatable bonds is 6. The number of allylic oxidation sites excluding steroid dienone is 1. The van der Waals surface area contributed by atoms with E-state index in [2.05, 4.69) is 20.5 Å². The Bertz CT molecular complexity index is 1070. The maximum atomic E-state index is 12.7. The molecule has 1 saturated heterocycles. The summed E-state index contributed by atoms with van der Waals surface area (Å²) in [5.74, 6) is -0.814. The number of amides is 4. The predicted octanol–water partition coefficient (Wildman–Crippen LogP) is 2.22. The molecule has 0 saturated carbocycles. The number of likely N-dealkylation sites (tertiary alicyclic amines) is 1. The number of nitrogens with two attached hydrogens (primary N) is 2. The lowest BCUT2D eigenvalue weighted by atomic mass is 9.76. The van der Waals surface area contributed by atoms with Gasteiger partial charge in [-0.05, 0) is 69.1 Å². The van der Waals surface area contributed by atoms with Crippen molar-refractivity contribution in [3.8, 4) is 0 Å². The van der Waals surface area contributed by atoms with Crippen LogP contribution in [0.15, 0.2) is 41.0 Å². The molecule has 0 spiro atoms. The molecule has 9 heteroatoms. The normalized spacial score (nSPS) is 24.0. The summed E-state index contributed by atoms with van der Waals surface area (Å²) in [6.07, 6.45) is 7.66. The van der Waals surface area contributed by atoms with Crippen LogP contribution < -0.4 is 22.1 Å². The van der Waals surface area contributed by atoms with E-state index in [-0.39, 0.29) is 5.91 Å². The number of nitrogens with one attached hydrogen (secondary N) is 2. The summed E-state index contributed by atoms with van der Waals surface area (Å²) < 4.78 is 0. The van der Waals surface area contributed by atoms with Gasteiger partial charge in [-0.3, -0.25) is 14.6 Å². The van der Waals surface area contributed by atoms with Crippen LogP contribution in [-0.4, -0.2) is 48.1 Å². The summed E-state index contributed by atoms with van der Waals surface area (Å²) >= 11 is 0. The van der Waals surface area contributed by atoms with Gasteiger partial charge in [-0.1, -0.05) is 6.42 Å². The van der Waals surface area contributed by atoms with Crippen molar-refractivity contribution in [2.75, 3.05) is 30.3 Å². The number of aliphatic imine (C=N–C) groups is 1. The predicted molar refractivity (Wildman–Crippen MR) is 124 cm³/mol. The standard InChI is InChI=1S/C23H28N6O3/c1-23(21(24)31)14(7-10-29-8-3-2-4-9-29)13-26-19(23)12-17-16-11-15(27-22(25)32)5-6-18(16)28-20(17)30/h5-6,11-13H,2-4,7-10H2,1H3,(H2,24,31)(H,28,30)(H3,25,27,32). The molecule has 1 fully saturated rings. The Hall–Kier alpha value is -3.46. The Labute approximate surface area is 186 Å². The number of hydrogen-bond donors (Lipinski definition) is 4. The Morgan fingerprint density at radius 3 is 2.69 bits per heavy atom. The van der Waals surface area contributed by atoms with Crippen molar-refractivity contribution in [1.29, 1.82) is 0 Å². The van der Waals surface area contributed by atoms with Gasteiger partial charge in [0.2, 0.25) is 5.91 Å². The highest BCUT2D eigenvalue weighted by atomic mass is 16.2. The molecule has 0 radical (unpaired) electrons. The van der Waals surface area contributed by atoms with Crippen molar-refractivity contribution in [1.82, 2.24) is 4.90 Å². The van der Waals surface area contributed by atoms with Gasteiger partial charge in [0.15, 0.2) is 0 Å². The molecule has 32 heavy (non-hydrogen) atoms. The lowest BCUT2D eigenvalue weighted by Crippen LogP contribution is -2.42. The zero-order chi connectivity index (χ0) is 22.9. The van der Waals surface area contributed by atoms with E-state index < -0.39 is 17.4 Å². The molecule has 1 atom stereocenters. The molecule has 6 N–H and O–H groups in total. The SMILES string of the molecule is CC1(C(N)=O)C(CCN2CCCCC2)=CN=C1C=C1C(=O)Nc2ccc(NC(N)=O)cc21. The van der Waals surface area contributed by atoms with Crippen LogP contribution in [0.25, 0.3) is 5.57 Å². The number of anilines is 2. The topological polar surface area (TPSA) is 143 Å². The van der Waals surface area contributed by atoms with Crippen LogP contribution >= 0.6 is 0 Å². The van der Waals surface area contributed by atoms with Gasteiger partial charge in [0.05, 0.1) is 11.3 Å². The molecule has 1 aromatic rings. The fourth-order valence-electron chi connectivity index (χ4n) is 4.50. The Morgan fingerprint density at radius 1 is 1.25 bits per heavy atom. The quantitative estimate of drug-likeness (QED) is 0.507. The second-order valence-electron chi connectivity index (χ2n) is 8.57. The summed E-state index contributed by atoms with van der Waals surface area (Å²) in [5.41, 5.74) is 13.3. The second-order valence-corrected chi connectivity index (χ2v) is 8.57. The maximum Gasteiger partial charge on any atom is 0.316 e. The zero-order valence-electron chi connectivity index (χ0n) is 18.1. The fourth-order valence-corrected chi connectivity index (χ4v) is 4.50. The summed E-state index contributed by atoms with van der Waals surface area (Å²) in [4.78, 5) is 43.3. The van der Waals surface area contributed by atoms with Crippen LogP contribution in [0.4, 0.5) is 16.2 Å². The van der Waals surface area contributed by atoms with Crippen molar-refractivity contribution < 1.29 is 14.4 Å². The fraction of sp³-hybridized carbons (Fsp3) is 0.391. The number of piperidine rings is 1. The van der Waals surface area contributed by atoms with E-state index in [1.54, 1.807) is 37.4 Å². The highest BCUT2D eigenvalue weighted by Gasteiger charge is 2.43. The molecule has 1 aromatic carbocycles. The first-order chi connectivity index (χ1) is 15.3. The van der Waals surface area contributed by atoms with Crippen molar-refractivity contribution in [2.45, 2.75) is 32.6 Å². The van der Waals surface area contributed by atoms with E-state index in [1.807, 2.05) is 0 Å². The third kappa shape index (κ3) is 4.03. The lowest BCUT2D eigenvalue weighted by Gasteiger charge is -2.30. The van der Waals surface area contributed by atoms with E-state index in [4.69, 9.17) is 11.5 Å². The molecule has 4 rings (SSSR count). The summed E-state index contributed by atoms with van der Waals surface area (Å²) in [7, 11) is 0. The minimum absolute atomic E-state index is 0.312. The van der Waals surface area contributed by atoms with Crippen molar-refractivity contribution in [3.05, 3.63) is 41.6 Å². The maximum absolute atomic E-state index is 12.7. The Kier molecular flexibility index (Phi) is 5.84. The monoisotopic (exact) mass is 436 g/mol.